The molecule has 1 aliphatic rings. The Morgan fingerprint density at radius 3 is 2.83 bits per heavy atom. The Morgan fingerprint density at radius 2 is 1.97 bits per heavy atom. The maximum absolute atomic E-state index is 6.26. The predicted octanol–water partition coefficient (Wildman–Crippen LogP) is 3.34. The summed E-state index contributed by atoms with van der Waals surface area (Å²) in [7, 11) is 0. The number of pyridine rings is 1. The van der Waals surface area contributed by atoms with Gasteiger partial charge < -0.3 is 11.1 Å². The number of tetrazole rings is 1. The van der Waals surface area contributed by atoms with Crippen LogP contribution in [0.5, 0.6) is 0 Å². The maximum Gasteiger partial charge on any atom is 0.190 e. The van der Waals surface area contributed by atoms with Crippen molar-refractivity contribution >= 4 is 17.2 Å². The second-order valence-electron chi connectivity index (χ2n) is 7.67. The SMILES string of the molecule is Cc1ccc(-n2nnnc2-c2cc(-c3cc4c(s3)CCNCC4)cnc2N)c(C)c1. The van der Waals surface area contributed by atoms with E-state index < -0.39 is 0 Å². The van der Waals surface area contributed by atoms with Crippen molar-refractivity contribution in [1.82, 2.24) is 30.5 Å². The van der Waals surface area contributed by atoms with Gasteiger partial charge in [0.25, 0.3) is 0 Å². The Bertz CT molecular complexity index is 1200. The zero-order valence-electron chi connectivity index (χ0n) is 17.0. The standard InChI is InChI=1S/C22H23N7S/c1-13-3-4-18(14(2)9-13)29-22(26-27-28-29)17-10-16(12-25-21(17)23)20-11-15-5-7-24-8-6-19(15)30-20/h3-4,9-12,24H,5-8H2,1-2H3,(H2,23,25). The number of nitrogens with one attached hydrogen (secondary N) is 1. The molecular weight excluding hydrogens is 394 g/mol. The minimum atomic E-state index is 0.418. The van der Waals surface area contributed by atoms with Crippen LogP contribution >= 0.6 is 11.3 Å². The van der Waals surface area contributed by atoms with Crippen molar-refractivity contribution in [3.05, 3.63) is 58.1 Å². The highest BCUT2D eigenvalue weighted by molar-refractivity contribution is 7.15. The first-order valence-electron chi connectivity index (χ1n) is 10.0. The fourth-order valence-electron chi connectivity index (χ4n) is 3.93. The van der Waals surface area contributed by atoms with Crippen molar-refractivity contribution in [2.75, 3.05) is 18.8 Å². The first kappa shape index (κ1) is 18.9. The Balaban J connectivity index is 1.58. The highest BCUT2D eigenvalue weighted by atomic mass is 32.1. The largest absolute Gasteiger partial charge is 0.383 e. The first-order chi connectivity index (χ1) is 14.6. The fourth-order valence-corrected chi connectivity index (χ4v) is 5.12. The number of nitrogen functional groups attached to an aromatic ring is 1. The molecule has 30 heavy (non-hydrogen) atoms. The Labute approximate surface area is 179 Å². The molecule has 7 nitrogen and oxygen atoms in total. The molecule has 1 aromatic carbocycles. The lowest BCUT2D eigenvalue weighted by Crippen LogP contribution is -2.16. The van der Waals surface area contributed by atoms with Crippen LogP contribution in [0, 0.1) is 13.8 Å². The topological polar surface area (TPSA) is 94.5 Å². The molecule has 4 heterocycles. The first-order valence-corrected chi connectivity index (χ1v) is 10.9. The summed E-state index contributed by atoms with van der Waals surface area (Å²) in [4.78, 5) is 7.13. The van der Waals surface area contributed by atoms with Gasteiger partial charge in [0.2, 0.25) is 0 Å². The summed E-state index contributed by atoms with van der Waals surface area (Å²) in [5, 5.41) is 15.9. The van der Waals surface area contributed by atoms with Crippen LogP contribution in [0.3, 0.4) is 0 Å². The van der Waals surface area contributed by atoms with Gasteiger partial charge in [-0.25, -0.2) is 4.98 Å². The minimum absolute atomic E-state index is 0.418. The van der Waals surface area contributed by atoms with E-state index in [0.29, 0.717) is 11.6 Å². The van der Waals surface area contributed by atoms with Crippen LogP contribution < -0.4 is 11.1 Å². The van der Waals surface area contributed by atoms with Crippen LogP contribution in [0.15, 0.2) is 36.5 Å². The molecule has 0 unspecified atom stereocenters. The second kappa shape index (κ2) is 7.62. The maximum atomic E-state index is 6.26. The zero-order chi connectivity index (χ0) is 20.7. The number of nitrogens with two attached hydrogens (primary N) is 1. The van der Waals surface area contributed by atoms with Gasteiger partial charge in [-0.05, 0) is 79.5 Å². The third-order valence-electron chi connectivity index (χ3n) is 5.49. The molecule has 3 aromatic heterocycles. The number of fused-ring (bicyclic) bond motifs is 1. The lowest BCUT2D eigenvalue weighted by molar-refractivity contribution is 0.712. The highest BCUT2D eigenvalue weighted by Gasteiger charge is 2.19. The van der Waals surface area contributed by atoms with Crippen LogP contribution in [0.4, 0.5) is 5.82 Å². The number of aromatic nitrogens is 5. The molecule has 0 fully saturated rings. The van der Waals surface area contributed by atoms with Gasteiger partial charge in [0.1, 0.15) is 5.82 Å². The van der Waals surface area contributed by atoms with E-state index in [0.717, 1.165) is 48.3 Å². The van der Waals surface area contributed by atoms with Crippen LogP contribution in [0.25, 0.3) is 27.5 Å². The van der Waals surface area contributed by atoms with Gasteiger partial charge in [-0.2, -0.15) is 4.68 Å². The monoisotopic (exact) mass is 417 g/mol. The van der Waals surface area contributed by atoms with E-state index in [-0.39, 0.29) is 0 Å². The summed E-state index contributed by atoms with van der Waals surface area (Å²) in [6.45, 7) is 6.18. The smallest absolute Gasteiger partial charge is 0.190 e. The number of hydrogen-bond donors (Lipinski definition) is 2. The summed E-state index contributed by atoms with van der Waals surface area (Å²) in [5.74, 6) is 1.01. The minimum Gasteiger partial charge on any atom is -0.383 e. The van der Waals surface area contributed by atoms with Gasteiger partial charge in [-0.3, -0.25) is 0 Å². The molecule has 152 valence electrons. The van der Waals surface area contributed by atoms with E-state index in [1.54, 1.807) is 4.68 Å². The van der Waals surface area contributed by atoms with Crippen molar-refractivity contribution in [3.8, 4) is 27.5 Å². The lowest BCUT2D eigenvalue weighted by Gasteiger charge is -2.10. The molecule has 0 bridgehead atoms. The van der Waals surface area contributed by atoms with E-state index in [9.17, 15) is 0 Å². The number of benzene rings is 1. The van der Waals surface area contributed by atoms with E-state index in [2.05, 4.69) is 63.9 Å². The molecule has 0 saturated heterocycles. The average molecular weight is 418 g/mol. The number of aryl methyl sites for hydroxylation is 2. The third-order valence-corrected chi connectivity index (χ3v) is 6.78. The molecule has 0 amide bonds. The normalized spacial score (nSPS) is 13.8. The van der Waals surface area contributed by atoms with Crippen LogP contribution in [0.2, 0.25) is 0 Å². The summed E-state index contributed by atoms with van der Waals surface area (Å²) in [5.41, 5.74) is 12.7. The van der Waals surface area contributed by atoms with E-state index >= 15 is 0 Å². The molecule has 5 rings (SSSR count). The predicted molar refractivity (Wildman–Crippen MR) is 120 cm³/mol. The van der Waals surface area contributed by atoms with Crippen molar-refractivity contribution in [2.45, 2.75) is 26.7 Å². The van der Waals surface area contributed by atoms with Gasteiger partial charge in [0.15, 0.2) is 5.82 Å². The summed E-state index contributed by atoms with van der Waals surface area (Å²) < 4.78 is 1.74. The molecule has 0 spiro atoms. The van der Waals surface area contributed by atoms with Gasteiger partial charge in [-0.1, -0.05) is 17.7 Å². The lowest BCUT2D eigenvalue weighted by atomic mass is 10.1. The third kappa shape index (κ3) is 3.38. The summed E-state index contributed by atoms with van der Waals surface area (Å²) in [6, 6.07) is 10.5. The number of rotatable bonds is 3. The van der Waals surface area contributed by atoms with Crippen molar-refractivity contribution in [2.24, 2.45) is 0 Å². The molecule has 3 N–H and O–H groups in total. The van der Waals surface area contributed by atoms with Crippen LogP contribution in [0.1, 0.15) is 21.6 Å². The molecule has 0 aliphatic carbocycles. The number of anilines is 1. The summed E-state index contributed by atoms with van der Waals surface area (Å²) in [6.07, 6.45) is 3.97. The Kier molecular flexibility index (Phi) is 4.80. The molecule has 0 atom stereocenters. The molecular formula is C22H23N7S. The van der Waals surface area contributed by atoms with Gasteiger partial charge in [0, 0.05) is 21.5 Å². The van der Waals surface area contributed by atoms with Gasteiger partial charge >= 0.3 is 0 Å². The number of nitrogens with zero attached hydrogens (tertiary/aromatic N) is 5. The Hall–Kier alpha value is -3.10. The highest BCUT2D eigenvalue weighted by Crippen LogP contribution is 2.35. The van der Waals surface area contributed by atoms with E-state index in [4.69, 9.17) is 5.73 Å². The van der Waals surface area contributed by atoms with Crippen LogP contribution in [-0.4, -0.2) is 38.3 Å². The van der Waals surface area contributed by atoms with Crippen LogP contribution in [-0.2, 0) is 12.8 Å². The fraction of sp³-hybridized carbons (Fsp3) is 0.273. The average Bonchev–Trinajstić information content (AvgIpc) is 3.31. The van der Waals surface area contributed by atoms with Crippen molar-refractivity contribution in [3.63, 3.8) is 0 Å². The Morgan fingerprint density at radius 1 is 1.10 bits per heavy atom. The molecule has 0 saturated carbocycles. The zero-order valence-corrected chi connectivity index (χ0v) is 17.8. The van der Waals surface area contributed by atoms with Gasteiger partial charge in [0.05, 0.1) is 11.3 Å². The number of thiophene rings is 1. The summed E-state index contributed by atoms with van der Waals surface area (Å²) >= 11 is 1.84. The second-order valence-corrected chi connectivity index (χ2v) is 8.81. The van der Waals surface area contributed by atoms with Crippen molar-refractivity contribution < 1.29 is 0 Å². The molecule has 8 heteroatoms. The van der Waals surface area contributed by atoms with Crippen molar-refractivity contribution in [1.29, 1.82) is 0 Å². The van der Waals surface area contributed by atoms with E-state index in [1.807, 2.05) is 23.6 Å². The number of hydrogen-bond acceptors (Lipinski definition) is 7. The molecule has 4 aromatic rings. The molecule has 0 radical (unpaired) electrons. The molecule has 1 aliphatic heterocycles. The van der Waals surface area contributed by atoms with E-state index in [1.165, 1.54) is 20.9 Å². The van der Waals surface area contributed by atoms with Gasteiger partial charge in [-0.15, -0.1) is 16.4 Å². The quantitative estimate of drug-likeness (QED) is 0.531.